The maximum atomic E-state index is 6.12. The molecule has 2 aromatic carbocycles. The Morgan fingerprint density at radius 2 is 1.96 bits per heavy atom. The maximum Gasteiger partial charge on any atom is 0.210 e. The third kappa shape index (κ3) is 4.29. The summed E-state index contributed by atoms with van der Waals surface area (Å²) < 4.78 is 12.6. The zero-order chi connectivity index (χ0) is 18.5. The molecule has 7 heteroatoms. The standard InChI is InChI=1S/C19H22N4O2S/c1-13-7-8-17(14(2)9-13)25-11-18-21-22-19(23(18)20)26-12-15-5-4-6-16(10-15)24-3/h4-10H,11-12,20H2,1-3H3. The van der Waals surface area contributed by atoms with Crippen LogP contribution < -0.4 is 15.3 Å². The average Bonchev–Trinajstić information content (AvgIpc) is 2.99. The van der Waals surface area contributed by atoms with Gasteiger partial charge in [0.05, 0.1) is 7.11 Å². The molecule has 6 nitrogen and oxygen atoms in total. The molecule has 0 aliphatic rings. The first-order valence-corrected chi connectivity index (χ1v) is 9.20. The second kappa shape index (κ2) is 8.14. The van der Waals surface area contributed by atoms with Crippen LogP contribution in [-0.2, 0) is 12.4 Å². The van der Waals surface area contributed by atoms with E-state index in [0.717, 1.165) is 28.4 Å². The van der Waals surface area contributed by atoms with Crippen LogP contribution in [-0.4, -0.2) is 22.0 Å². The van der Waals surface area contributed by atoms with Crippen LogP contribution in [0.5, 0.6) is 11.5 Å². The van der Waals surface area contributed by atoms with Gasteiger partial charge in [-0.05, 0) is 43.2 Å². The summed E-state index contributed by atoms with van der Waals surface area (Å²) in [5.74, 6) is 9.08. The number of thioether (sulfide) groups is 1. The Kier molecular flexibility index (Phi) is 5.68. The third-order valence-corrected chi connectivity index (χ3v) is 4.94. The van der Waals surface area contributed by atoms with Gasteiger partial charge in [-0.25, -0.2) is 4.68 Å². The van der Waals surface area contributed by atoms with Crippen molar-refractivity contribution in [1.82, 2.24) is 14.9 Å². The lowest BCUT2D eigenvalue weighted by atomic mass is 10.1. The largest absolute Gasteiger partial charge is 0.497 e. The van der Waals surface area contributed by atoms with Gasteiger partial charge in [0.25, 0.3) is 0 Å². The molecule has 3 rings (SSSR count). The number of nitrogens with zero attached hydrogens (tertiary/aromatic N) is 3. The van der Waals surface area contributed by atoms with E-state index in [1.54, 1.807) is 7.11 Å². The molecule has 1 aromatic heterocycles. The number of benzene rings is 2. The smallest absolute Gasteiger partial charge is 0.210 e. The minimum Gasteiger partial charge on any atom is -0.497 e. The summed E-state index contributed by atoms with van der Waals surface area (Å²) >= 11 is 1.52. The highest BCUT2D eigenvalue weighted by Gasteiger charge is 2.12. The summed E-state index contributed by atoms with van der Waals surface area (Å²) in [6.07, 6.45) is 0. The van der Waals surface area contributed by atoms with Gasteiger partial charge in [0.2, 0.25) is 5.16 Å². The van der Waals surface area contributed by atoms with Crippen LogP contribution in [0, 0.1) is 13.8 Å². The maximum absolute atomic E-state index is 6.12. The molecule has 0 atom stereocenters. The number of nitrogens with two attached hydrogens (primary N) is 1. The molecule has 0 saturated carbocycles. The molecule has 26 heavy (non-hydrogen) atoms. The molecule has 0 unspecified atom stereocenters. The zero-order valence-electron chi connectivity index (χ0n) is 15.1. The fraction of sp³-hybridized carbons (Fsp3) is 0.263. The molecule has 0 saturated heterocycles. The molecule has 3 aromatic rings. The van der Waals surface area contributed by atoms with Crippen molar-refractivity contribution in [3.05, 3.63) is 65.0 Å². The Labute approximate surface area is 157 Å². The fourth-order valence-corrected chi connectivity index (χ4v) is 3.34. The highest BCUT2D eigenvalue weighted by molar-refractivity contribution is 7.98. The highest BCUT2D eigenvalue weighted by atomic mass is 32.2. The van der Waals surface area contributed by atoms with Gasteiger partial charge < -0.3 is 15.3 Å². The Morgan fingerprint density at radius 1 is 1.12 bits per heavy atom. The van der Waals surface area contributed by atoms with Crippen LogP contribution in [0.1, 0.15) is 22.5 Å². The second-order valence-electron chi connectivity index (χ2n) is 5.97. The van der Waals surface area contributed by atoms with E-state index >= 15 is 0 Å². The second-order valence-corrected chi connectivity index (χ2v) is 6.91. The van der Waals surface area contributed by atoms with E-state index in [4.69, 9.17) is 15.3 Å². The quantitative estimate of drug-likeness (QED) is 0.507. The molecular weight excluding hydrogens is 348 g/mol. The third-order valence-electron chi connectivity index (χ3n) is 3.92. The van der Waals surface area contributed by atoms with Crippen molar-refractivity contribution in [3.63, 3.8) is 0 Å². The van der Waals surface area contributed by atoms with Crippen LogP contribution in [0.25, 0.3) is 0 Å². The summed E-state index contributed by atoms with van der Waals surface area (Å²) in [6.45, 7) is 4.34. The van der Waals surface area contributed by atoms with Crippen molar-refractivity contribution in [2.75, 3.05) is 13.0 Å². The molecule has 0 aliphatic carbocycles. The van der Waals surface area contributed by atoms with Crippen molar-refractivity contribution in [1.29, 1.82) is 0 Å². The Bertz CT molecular complexity index is 895. The number of hydrogen-bond acceptors (Lipinski definition) is 6. The van der Waals surface area contributed by atoms with E-state index in [1.165, 1.54) is 22.0 Å². The number of ether oxygens (including phenoxy) is 2. The van der Waals surface area contributed by atoms with Crippen LogP contribution in [0.15, 0.2) is 47.6 Å². The van der Waals surface area contributed by atoms with E-state index in [0.29, 0.717) is 11.0 Å². The molecule has 0 radical (unpaired) electrons. The highest BCUT2D eigenvalue weighted by Crippen LogP contribution is 2.24. The lowest BCUT2D eigenvalue weighted by molar-refractivity contribution is 0.289. The summed E-state index contributed by atoms with van der Waals surface area (Å²) in [4.78, 5) is 0. The van der Waals surface area contributed by atoms with E-state index in [2.05, 4.69) is 23.2 Å². The lowest BCUT2D eigenvalue weighted by Crippen LogP contribution is -2.16. The minimum atomic E-state index is 0.271. The number of aromatic nitrogens is 3. The summed E-state index contributed by atoms with van der Waals surface area (Å²) in [5.41, 5.74) is 3.42. The lowest BCUT2D eigenvalue weighted by Gasteiger charge is -2.09. The van der Waals surface area contributed by atoms with Crippen LogP contribution in [0.4, 0.5) is 0 Å². The number of aryl methyl sites for hydroxylation is 2. The molecule has 136 valence electrons. The van der Waals surface area contributed by atoms with Gasteiger partial charge >= 0.3 is 0 Å². The Hall–Kier alpha value is -2.67. The number of rotatable bonds is 7. The molecule has 1 heterocycles. The summed E-state index contributed by atoms with van der Waals surface area (Å²) in [6, 6.07) is 14.0. The minimum absolute atomic E-state index is 0.271. The Morgan fingerprint density at radius 3 is 2.73 bits per heavy atom. The molecule has 0 aliphatic heterocycles. The van der Waals surface area contributed by atoms with E-state index in [9.17, 15) is 0 Å². The topological polar surface area (TPSA) is 75.2 Å². The zero-order valence-corrected chi connectivity index (χ0v) is 15.9. The molecule has 0 bridgehead atoms. The normalized spacial score (nSPS) is 10.7. The van der Waals surface area contributed by atoms with Gasteiger partial charge in [0.1, 0.15) is 18.1 Å². The Balaban J connectivity index is 1.62. The predicted octanol–water partition coefficient (Wildman–Crippen LogP) is 3.49. The van der Waals surface area contributed by atoms with E-state index in [1.807, 2.05) is 43.3 Å². The average molecular weight is 370 g/mol. The SMILES string of the molecule is COc1cccc(CSc2nnc(COc3ccc(C)cc3C)n2N)c1. The first-order chi connectivity index (χ1) is 12.6. The van der Waals surface area contributed by atoms with Crippen molar-refractivity contribution < 1.29 is 9.47 Å². The summed E-state index contributed by atoms with van der Waals surface area (Å²) in [7, 11) is 1.66. The monoisotopic (exact) mass is 370 g/mol. The first kappa shape index (κ1) is 18.1. The van der Waals surface area contributed by atoms with Gasteiger partial charge in [-0.1, -0.05) is 41.6 Å². The van der Waals surface area contributed by atoms with Crippen molar-refractivity contribution in [2.45, 2.75) is 31.4 Å². The van der Waals surface area contributed by atoms with Crippen LogP contribution in [0.2, 0.25) is 0 Å². The number of nitrogen functional groups attached to an aromatic ring is 1. The van der Waals surface area contributed by atoms with Gasteiger partial charge in [-0.2, -0.15) is 0 Å². The van der Waals surface area contributed by atoms with Gasteiger partial charge in [0, 0.05) is 5.75 Å². The predicted molar refractivity (Wildman–Crippen MR) is 103 cm³/mol. The first-order valence-electron chi connectivity index (χ1n) is 8.22. The molecule has 2 N–H and O–H groups in total. The van der Waals surface area contributed by atoms with Crippen LogP contribution in [0.3, 0.4) is 0 Å². The number of hydrogen-bond donors (Lipinski definition) is 1. The molecular formula is C19H22N4O2S. The van der Waals surface area contributed by atoms with Gasteiger partial charge in [0.15, 0.2) is 5.82 Å². The van der Waals surface area contributed by atoms with Crippen molar-refractivity contribution >= 4 is 11.8 Å². The van der Waals surface area contributed by atoms with E-state index < -0.39 is 0 Å². The molecule has 0 amide bonds. The number of methoxy groups -OCH3 is 1. The van der Waals surface area contributed by atoms with Crippen molar-refractivity contribution in [3.8, 4) is 11.5 Å². The van der Waals surface area contributed by atoms with E-state index in [-0.39, 0.29) is 6.61 Å². The van der Waals surface area contributed by atoms with Gasteiger partial charge in [-0.15, -0.1) is 10.2 Å². The molecule has 0 fully saturated rings. The summed E-state index contributed by atoms with van der Waals surface area (Å²) in [5, 5.41) is 8.95. The fourth-order valence-electron chi connectivity index (χ4n) is 2.52. The van der Waals surface area contributed by atoms with Crippen LogP contribution >= 0.6 is 11.8 Å². The molecule has 0 spiro atoms. The van der Waals surface area contributed by atoms with Crippen molar-refractivity contribution in [2.24, 2.45) is 0 Å². The van der Waals surface area contributed by atoms with Gasteiger partial charge in [-0.3, -0.25) is 0 Å².